The largest absolute Gasteiger partial charge is 0.497 e. The van der Waals surface area contributed by atoms with Crippen LogP contribution in [0.4, 0.5) is 28.4 Å². The number of benzene rings is 5. The number of aliphatic imine (C=N–C) groups is 1. The van der Waals surface area contributed by atoms with Crippen LogP contribution in [0.2, 0.25) is 0 Å². The van der Waals surface area contributed by atoms with E-state index in [4.69, 9.17) is 29.7 Å². The minimum Gasteiger partial charge on any atom is -0.497 e. The summed E-state index contributed by atoms with van der Waals surface area (Å²) in [5.41, 5.74) is 16.2. The summed E-state index contributed by atoms with van der Waals surface area (Å²) < 4.78 is 25.2. The molecule has 15 heteroatoms. The van der Waals surface area contributed by atoms with Crippen LogP contribution in [-0.2, 0) is 23.6 Å². The number of hydrogen-bond donors (Lipinski definition) is 2. The monoisotopic (exact) mass is 769 g/mol. The maximum absolute atomic E-state index is 14.1. The van der Waals surface area contributed by atoms with E-state index in [1.54, 1.807) is 32.4 Å². The van der Waals surface area contributed by atoms with E-state index in [0.29, 0.717) is 64.2 Å². The number of para-hydroxylation sites is 1. The average Bonchev–Trinajstić information content (AvgIpc) is 3.67. The van der Waals surface area contributed by atoms with Gasteiger partial charge >= 0.3 is 0 Å². The molecule has 9 rings (SSSR count). The Labute approximate surface area is 341 Å². The molecule has 4 aliphatic heterocycles. The molecule has 4 heterocycles. The molecule has 5 aromatic carbocycles. The molecule has 0 aromatic heterocycles. The standard InChI is InChI=1S/C43H43B4N5O6/c1-22-8-9-35-24(10-22)12-29-21-50-33-19-39(37(56-3)17-31(33)41(54)52(29)35)58-43(46,47)26-13-25(14-27(48)15-26)42(44,45)57-38-18-32-30(16-36(38)55-2)40(53)51-28(20-49-32)11-23-6-4-5-7-34(23)51/h4-10,13-20,28-29,50H,11-12,21,44-48H2,1-3H3/t28-,29-/m0/s1. The van der Waals surface area contributed by atoms with E-state index in [1.165, 1.54) is 11.1 Å². The van der Waals surface area contributed by atoms with Gasteiger partial charge in [0.05, 0.1) is 59.6 Å². The first-order valence-corrected chi connectivity index (χ1v) is 19.6. The van der Waals surface area contributed by atoms with Crippen molar-refractivity contribution in [1.29, 1.82) is 0 Å². The first-order chi connectivity index (χ1) is 27.7. The van der Waals surface area contributed by atoms with Gasteiger partial charge in [0.1, 0.15) is 0 Å². The third-order valence-corrected chi connectivity index (χ3v) is 11.8. The predicted molar refractivity (Wildman–Crippen MR) is 238 cm³/mol. The quantitative estimate of drug-likeness (QED) is 0.183. The summed E-state index contributed by atoms with van der Waals surface area (Å²) in [7, 11) is 11.0. The maximum Gasteiger partial charge on any atom is 0.261 e. The second kappa shape index (κ2) is 13.7. The highest BCUT2D eigenvalue weighted by atomic mass is 16.5. The summed E-state index contributed by atoms with van der Waals surface area (Å²) in [6.07, 6.45) is 3.33. The molecule has 0 unspecified atom stereocenters. The predicted octanol–water partition coefficient (Wildman–Crippen LogP) is 2.79. The van der Waals surface area contributed by atoms with Crippen molar-refractivity contribution in [2.45, 2.75) is 42.6 Å². The zero-order valence-corrected chi connectivity index (χ0v) is 33.8. The van der Waals surface area contributed by atoms with Crippen molar-refractivity contribution in [3.63, 3.8) is 0 Å². The molecule has 0 saturated heterocycles. The number of aryl methyl sites for hydroxylation is 1. The number of hydrogen-bond acceptors (Lipinski definition) is 9. The van der Waals surface area contributed by atoms with E-state index in [9.17, 15) is 9.59 Å². The number of ether oxygens (including phenoxy) is 4. The second-order valence-corrected chi connectivity index (χ2v) is 16.5. The van der Waals surface area contributed by atoms with Gasteiger partial charge < -0.3 is 34.9 Å². The van der Waals surface area contributed by atoms with Crippen LogP contribution in [0.15, 0.2) is 89.9 Å². The highest BCUT2D eigenvalue weighted by molar-refractivity contribution is 6.40. The number of methoxy groups -OCH3 is 2. The number of nitrogens with one attached hydrogen (secondary N) is 1. The molecule has 0 radical (unpaired) electrons. The Bertz CT molecular complexity index is 2580. The topological polar surface area (TPSA) is 128 Å². The molecule has 288 valence electrons. The second-order valence-electron chi connectivity index (χ2n) is 16.5. The molecule has 0 saturated carbocycles. The van der Waals surface area contributed by atoms with E-state index >= 15 is 0 Å². The summed E-state index contributed by atoms with van der Waals surface area (Å²) in [6.45, 7) is 2.67. The summed E-state index contributed by atoms with van der Waals surface area (Å²) >= 11 is 0. The molecule has 5 aromatic rings. The first kappa shape index (κ1) is 37.4. The Kier molecular flexibility index (Phi) is 8.83. The highest BCUT2D eigenvalue weighted by Gasteiger charge is 2.40. The van der Waals surface area contributed by atoms with Gasteiger partial charge in [-0.1, -0.05) is 42.0 Å². The molecule has 0 spiro atoms. The number of carbonyl (C=O) groups excluding carboxylic acids is 2. The number of fused-ring (bicyclic) bond motifs is 8. The Morgan fingerprint density at radius 3 is 2.07 bits per heavy atom. The smallest absolute Gasteiger partial charge is 0.261 e. The molecule has 0 aliphatic carbocycles. The zero-order chi connectivity index (χ0) is 40.7. The van der Waals surface area contributed by atoms with E-state index in [0.717, 1.165) is 34.5 Å². The van der Waals surface area contributed by atoms with Gasteiger partial charge in [-0.15, -0.1) is 0 Å². The Morgan fingerprint density at radius 1 is 0.724 bits per heavy atom. The van der Waals surface area contributed by atoms with E-state index in [2.05, 4.69) is 24.4 Å². The fourth-order valence-corrected chi connectivity index (χ4v) is 8.74. The number of nitrogens with two attached hydrogens (primary N) is 1. The van der Waals surface area contributed by atoms with Gasteiger partial charge in [-0.2, -0.15) is 0 Å². The van der Waals surface area contributed by atoms with Crippen molar-refractivity contribution in [2.24, 2.45) is 4.99 Å². The molecule has 4 aliphatic rings. The van der Waals surface area contributed by atoms with Crippen molar-refractivity contribution in [3.05, 3.63) is 124 Å². The lowest BCUT2D eigenvalue weighted by atomic mass is 9.57. The highest BCUT2D eigenvalue weighted by Crippen LogP contribution is 2.44. The number of anilines is 4. The lowest BCUT2D eigenvalue weighted by Gasteiger charge is -2.33. The van der Waals surface area contributed by atoms with E-state index in [-0.39, 0.29) is 23.9 Å². The lowest BCUT2D eigenvalue weighted by molar-refractivity contribution is 0.0976. The van der Waals surface area contributed by atoms with Gasteiger partial charge in [-0.25, -0.2) is 0 Å². The van der Waals surface area contributed by atoms with Crippen LogP contribution in [0, 0.1) is 6.92 Å². The van der Waals surface area contributed by atoms with Crippen LogP contribution in [0.3, 0.4) is 0 Å². The van der Waals surface area contributed by atoms with Gasteiger partial charge in [-0.05, 0) is 72.0 Å². The maximum atomic E-state index is 14.1. The Hall–Kier alpha value is -6.23. The summed E-state index contributed by atoms with van der Waals surface area (Å²) in [4.78, 5) is 36.6. The minimum absolute atomic E-state index is 0.00310. The molecule has 2 atom stereocenters. The first-order valence-electron chi connectivity index (χ1n) is 19.6. The average molecular weight is 769 g/mol. The van der Waals surface area contributed by atoms with Gasteiger partial charge in [0.25, 0.3) is 11.8 Å². The van der Waals surface area contributed by atoms with Crippen LogP contribution < -0.4 is 39.8 Å². The molecular formula is C43H43B4N5O6. The van der Waals surface area contributed by atoms with Crippen molar-refractivity contribution < 1.29 is 28.5 Å². The SMILES string of the molecule is BC(B)(Oc1cc2c(cc1OC)C(=O)N1c3ccccc3C[C@H]1C=N2)c1cc(N)cc(C(B)(B)Oc2cc3c(cc2OC)C(=O)N2c4ccc(C)cc4C[C@H]2CN3)c1. The van der Waals surface area contributed by atoms with Crippen LogP contribution >= 0.6 is 0 Å². The number of carbonyl (C=O) groups is 2. The van der Waals surface area contributed by atoms with Crippen molar-refractivity contribution >= 4 is 77.9 Å². The summed E-state index contributed by atoms with van der Waals surface area (Å²) in [6, 6.07) is 26.9. The van der Waals surface area contributed by atoms with Gasteiger partial charge in [0.2, 0.25) is 0 Å². The summed E-state index contributed by atoms with van der Waals surface area (Å²) in [5, 5.41) is 1.70. The lowest BCUT2D eigenvalue weighted by Crippen LogP contribution is -2.39. The van der Waals surface area contributed by atoms with Crippen LogP contribution in [0.25, 0.3) is 0 Å². The normalized spacial score (nSPS) is 17.8. The molecule has 11 nitrogen and oxygen atoms in total. The molecule has 58 heavy (non-hydrogen) atoms. The fraction of sp³-hybridized carbons (Fsp3) is 0.233. The van der Waals surface area contributed by atoms with Gasteiger partial charge in [-0.3, -0.25) is 19.5 Å². The Balaban J connectivity index is 0.992. The minimum atomic E-state index is -0.921. The number of amides is 2. The molecule has 0 fully saturated rings. The third kappa shape index (κ3) is 6.24. The van der Waals surface area contributed by atoms with Crippen molar-refractivity contribution in [3.8, 4) is 23.0 Å². The van der Waals surface area contributed by atoms with Crippen molar-refractivity contribution in [1.82, 2.24) is 0 Å². The third-order valence-electron chi connectivity index (χ3n) is 11.8. The van der Waals surface area contributed by atoms with Crippen LogP contribution in [-0.4, -0.2) is 82.3 Å². The van der Waals surface area contributed by atoms with E-state index in [1.807, 2.05) is 102 Å². The fourth-order valence-electron chi connectivity index (χ4n) is 8.74. The van der Waals surface area contributed by atoms with Gasteiger partial charge in [0, 0.05) is 48.4 Å². The van der Waals surface area contributed by atoms with E-state index < -0.39 is 10.8 Å². The molecule has 0 bridgehead atoms. The molecule has 2 amide bonds. The number of rotatable bonds is 8. The zero-order valence-electron chi connectivity index (χ0n) is 33.8. The Morgan fingerprint density at radius 2 is 1.36 bits per heavy atom. The van der Waals surface area contributed by atoms with Crippen LogP contribution in [0.5, 0.6) is 23.0 Å². The number of nitrogen functional groups attached to an aromatic ring is 1. The summed E-state index contributed by atoms with van der Waals surface area (Å²) in [5.74, 6) is 1.57. The van der Waals surface area contributed by atoms with Gasteiger partial charge in [0.15, 0.2) is 54.4 Å². The molecule has 3 N–H and O–H groups in total. The molecular weight excluding hydrogens is 726 g/mol. The number of nitrogens with zero attached hydrogens (tertiary/aromatic N) is 3. The van der Waals surface area contributed by atoms with Crippen LogP contribution in [0.1, 0.15) is 48.5 Å². The van der Waals surface area contributed by atoms with Crippen molar-refractivity contribution in [2.75, 3.05) is 41.6 Å².